The standard InChI is InChI=1S/C23H25ClN6O2/c1-23(2,3)32-22(31)30-10-8-29(9-11-30)21-4-5-25-15-20(21)28-14-16-12-18-19(13-17(16)24)27-7-6-26-18/h4-7,12-15H,8-11H2,1-3H3/b28-14+. The van der Waals surface area contributed by atoms with Crippen molar-refractivity contribution in [3.05, 3.63) is 53.6 Å². The van der Waals surface area contributed by atoms with Gasteiger partial charge in [0.05, 0.1) is 27.9 Å². The van der Waals surface area contributed by atoms with Crippen molar-refractivity contribution < 1.29 is 9.53 Å². The topological polar surface area (TPSA) is 83.8 Å². The number of carbonyl (C=O) groups is 1. The van der Waals surface area contributed by atoms with Gasteiger partial charge in [0.1, 0.15) is 11.3 Å². The van der Waals surface area contributed by atoms with Gasteiger partial charge < -0.3 is 14.5 Å². The number of pyridine rings is 1. The van der Waals surface area contributed by atoms with E-state index >= 15 is 0 Å². The van der Waals surface area contributed by atoms with Gasteiger partial charge in [-0.05, 0) is 39.0 Å². The minimum atomic E-state index is -0.503. The van der Waals surface area contributed by atoms with Crippen molar-refractivity contribution in [2.24, 2.45) is 4.99 Å². The zero-order valence-corrected chi connectivity index (χ0v) is 19.1. The molecule has 1 fully saturated rings. The maximum absolute atomic E-state index is 12.3. The van der Waals surface area contributed by atoms with Crippen LogP contribution in [-0.2, 0) is 4.74 Å². The zero-order valence-electron chi connectivity index (χ0n) is 18.3. The largest absolute Gasteiger partial charge is 0.444 e. The maximum Gasteiger partial charge on any atom is 0.410 e. The predicted molar refractivity (Wildman–Crippen MR) is 126 cm³/mol. The van der Waals surface area contributed by atoms with E-state index in [0.29, 0.717) is 31.2 Å². The number of hydrogen-bond acceptors (Lipinski definition) is 7. The number of nitrogens with zero attached hydrogens (tertiary/aromatic N) is 6. The van der Waals surface area contributed by atoms with Crippen LogP contribution in [0, 0.1) is 0 Å². The predicted octanol–water partition coefficient (Wildman–Crippen LogP) is 4.49. The Bertz CT molecular complexity index is 1150. The molecule has 1 saturated heterocycles. The monoisotopic (exact) mass is 452 g/mol. The van der Waals surface area contributed by atoms with Crippen LogP contribution in [-0.4, -0.2) is 63.9 Å². The first-order chi connectivity index (χ1) is 15.3. The number of benzene rings is 1. The molecule has 1 aliphatic rings. The van der Waals surface area contributed by atoms with Gasteiger partial charge in [0.2, 0.25) is 0 Å². The number of hydrogen-bond donors (Lipinski definition) is 0. The lowest BCUT2D eigenvalue weighted by Crippen LogP contribution is -2.50. The summed E-state index contributed by atoms with van der Waals surface area (Å²) in [6.45, 7) is 8.13. The molecule has 0 spiro atoms. The Morgan fingerprint density at radius 2 is 1.78 bits per heavy atom. The first-order valence-corrected chi connectivity index (χ1v) is 10.8. The minimum absolute atomic E-state index is 0.279. The second kappa shape index (κ2) is 9.08. The van der Waals surface area contributed by atoms with Gasteiger partial charge in [0, 0.05) is 56.5 Å². The summed E-state index contributed by atoms with van der Waals surface area (Å²) in [5, 5.41) is 0.554. The molecule has 0 bridgehead atoms. The number of halogens is 1. The molecule has 0 saturated carbocycles. The Kier molecular flexibility index (Phi) is 6.23. The first-order valence-electron chi connectivity index (χ1n) is 10.4. The van der Waals surface area contributed by atoms with Crippen molar-refractivity contribution in [1.29, 1.82) is 0 Å². The number of fused-ring (bicyclic) bond motifs is 1. The highest BCUT2D eigenvalue weighted by Crippen LogP contribution is 2.29. The molecule has 1 aromatic carbocycles. The van der Waals surface area contributed by atoms with Crippen LogP contribution in [0.15, 0.2) is 48.0 Å². The second-order valence-electron chi connectivity index (χ2n) is 8.50. The summed E-state index contributed by atoms with van der Waals surface area (Å²) >= 11 is 6.41. The molecule has 0 unspecified atom stereocenters. The summed E-state index contributed by atoms with van der Waals surface area (Å²) in [5.74, 6) is 0. The first kappa shape index (κ1) is 22.0. The van der Waals surface area contributed by atoms with Gasteiger partial charge in [-0.2, -0.15) is 0 Å². The van der Waals surface area contributed by atoms with E-state index in [2.05, 4.69) is 24.8 Å². The molecule has 0 aliphatic carbocycles. The van der Waals surface area contributed by atoms with Crippen LogP contribution in [0.3, 0.4) is 0 Å². The van der Waals surface area contributed by atoms with Gasteiger partial charge in [-0.15, -0.1) is 0 Å². The minimum Gasteiger partial charge on any atom is -0.444 e. The van der Waals surface area contributed by atoms with Crippen LogP contribution >= 0.6 is 11.6 Å². The smallest absolute Gasteiger partial charge is 0.410 e. The lowest BCUT2D eigenvalue weighted by molar-refractivity contribution is 0.0240. The molecule has 32 heavy (non-hydrogen) atoms. The highest BCUT2D eigenvalue weighted by Gasteiger charge is 2.26. The lowest BCUT2D eigenvalue weighted by Gasteiger charge is -2.37. The number of rotatable bonds is 3. The average molecular weight is 453 g/mol. The highest BCUT2D eigenvalue weighted by atomic mass is 35.5. The Balaban J connectivity index is 1.50. The molecule has 2 aromatic heterocycles. The normalized spacial score (nSPS) is 14.9. The van der Waals surface area contributed by atoms with Crippen LogP contribution < -0.4 is 4.90 Å². The molecule has 9 heteroatoms. The Hall–Kier alpha value is -3.26. The SMILES string of the molecule is CC(C)(C)OC(=O)N1CCN(c2ccncc2/N=C/c2cc3nccnc3cc2Cl)CC1. The fourth-order valence-electron chi connectivity index (χ4n) is 3.44. The van der Waals surface area contributed by atoms with E-state index in [0.717, 1.165) is 28.0 Å². The van der Waals surface area contributed by atoms with Gasteiger partial charge in [-0.1, -0.05) is 11.6 Å². The van der Waals surface area contributed by atoms with E-state index in [1.807, 2.05) is 32.9 Å². The number of piperazine rings is 1. The summed E-state index contributed by atoms with van der Waals surface area (Å²) in [6, 6.07) is 5.58. The fourth-order valence-corrected chi connectivity index (χ4v) is 3.65. The second-order valence-corrected chi connectivity index (χ2v) is 8.90. The molecule has 3 heterocycles. The number of aromatic nitrogens is 3. The fraction of sp³-hybridized carbons (Fsp3) is 0.348. The Morgan fingerprint density at radius 3 is 2.47 bits per heavy atom. The van der Waals surface area contributed by atoms with Gasteiger partial charge >= 0.3 is 6.09 Å². The molecule has 0 N–H and O–H groups in total. The van der Waals surface area contributed by atoms with Crippen molar-refractivity contribution in [3.8, 4) is 0 Å². The van der Waals surface area contributed by atoms with Crippen LogP contribution in [0.5, 0.6) is 0 Å². The van der Waals surface area contributed by atoms with E-state index in [-0.39, 0.29) is 6.09 Å². The molecular weight excluding hydrogens is 428 g/mol. The number of carbonyl (C=O) groups excluding carboxylic acids is 1. The Labute approximate surface area is 191 Å². The van der Waals surface area contributed by atoms with E-state index in [1.54, 1.807) is 42.0 Å². The van der Waals surface area contributed by atoms with Crippen molar-refractivity contribution >= 4 is 46.3 Å². The van der Waals surface area contributed by atoms with E-state index in [1.165, 1.54) is 0 Å². The third-order valence-corrected chi connectivity index (χ3v) is 5.31. The van der Waals surface area contributed by atoms with Gasteiger partial charge in [-0.3, -0.25) is 19.9 Å². The van der Waals surface area contributed by atoms with Gasteiger partial charge in [0.25, 0.3) is 0 Å². The molecular formula is C23H25ClN6O2. The van der Waals surface area contributed by atoms with Crippen molar-refractivity contribution in [3.63, 3.8) is 0 Å². The van der Waals surface area contributed by atoms with Crippen molar-refractivity contribution in [2.45, 2.75) is 26.4 Å². The van der Waals surface area contributed by atoms with Crippen LogP contribution in [0.2, 0.25) is 5.02 Å². The maximum atomic E-state index is 12.3. The third kappa shape index (κ3) is 5.13. The molecule has 4 rings (SSSR count). The Morgan fingerprint density at radius 1 is 1.09 bits per heavy atom. The van der Waals surface area contributed by atoms with Crippen LogP contribution in [0.25, 0.3) is 11.0 Å². The summed E-state index contributed by atoms with van der Waals surface area (Å²) in [4.78, 5) is 33.8. The molecule has 0 atom stereocenters. The molecule has 8 nitrogen and oxygen atoms in total. The summed E-state index contributed by atoms with van der Waals surface area (Å²) in [5.41, 5.74) is 3.42. The molecule has 1 amide bonds. The molecule has 0 radical (unpaired) electrons. The van der Waals surface area contributed by atoms with Gasteiger partial charge in [0.15, 0.2) is 0 Å². The van der Waals surface area contributed by atoms with Gasteiger partial charge in [-0.25, -0.2) is 4.79 Å². The third-order valence-electron chi connectivity index (χ3n) is 4.98. The van der Waals surface area contributed by atoms with E-state index < -0.39 is 5.60 Å². The molecule has 3 aromatic rings. The lowest BCUT2D eigenvalue weighted by atomic mass is 10.2. The van der Waals surface area contributed by atoms with E-state index in [9.17, 15) is 4.79 Å². The van der Waals surface area contributed by atoms with Crippen molar-refractivity contribution in [1.82, 2.24) is 19.9 Å². The van der Waals surface area contributed by atoms with Crippen LogP contribution in [0.1, 0.15) is 26.3 Å². The number of anilines is 1. The van der Waals surface area contributed by atoms with Crippen molar-refractivity contribution in [2.75, 3.05) is 31.1 Å². The summed E-state index contributed by atoms with van der Waals surface area (Å²) in [6.07, 6.45) is 8.19. The number of aliphatic imine (C=N–C) groups is 1. The average Bonchev–Trinajstić information content (AvgIpc) is 2.77. The highest BCUT2D eigenvalue weighted by molar-refractivity contribution is 6.33. The molecule has 166 valence electrons. The number of ether oxygens (including phenoxy) is 1. The molecule has 1 aliphatic heterocycles. The van der Waals surface area contributed by atoms with Crippen LogP contribution in [0.4, 0.5) is 16.2 Å². The zero-order chi connectivity index (χ0) is 22.7. The summed E-state index contributed by atoms with van der Waals surface area (Å²) in [7, 11) is 0. The number of amides is 1. The quantitative estimate of drug-likeness (QED) is 0.544. The van der Waals surface area contributed by atoms with E-state index in [4.69, 9.17) is 16.3 Å². The summed E-state index contributed by atoms with van der Waals surface area (Å²) < 4.78 is 5.48.